The molecular formula is C13H18N2O4. The minimum atomic E-state index is -1.04. The molecule has 0 heterocycles. The van der Waals surface area contributed by atoms with Crippen molar-refractivity contribution in [2.75, 3.05) is 6.54 Å². The van der Waals surface area contributed by atoms with E-state index in [-0.39, 0.29) is 18.8 Å². The number of hydrogen-bond acceptors (Lipinski definition) is 5. The SMILES string of the molecule is NCCCC(=O)Oc1ccc(C[C@H](N)C(=O)O)cc1. The van der Waals surface area contributed by atoms with Crippen molar-refractivity contribution in [1.29, 1.82) is 0 Å². The summed E-state index contributed by atoms with van der Waals surface area (Å²) in [5.41, 5.74) is 11.5. The number of rotatable bonds is 7. The molecule has 0 spiro atoms. The maximum atomic E-state index is 11.3. The van der Waals surface area contributed by atoms with Crippen LogP contribution in [0.2, 0.25) is 0 Å². The Bertz CT molecular complexity index is 431. The van der Waals surface area contributed by atoms with Gasteiger partial charge < -0.3 is 21.3 Å². The van der Waals surface area contributed by atoms with Crippen LogP contribution in [0.25, 0.3) is 0 Å². The van der Waals surface area contributed by atoms with E-state index in [9.17, 15) is 9.59 Å². The van der Waals surface area contributed by atoms with Crippen molar-refractivity contribution in [2.45, 2.75) is 25.3 Å². The van der Waals surface area contributed by atoms with Crippen LogP contribution in [0.1, 0.15) is 18.4 Å². The quantitative estimate of drug-likeness (QED) is 0.482. The Kier molecular flexibility index (Phi) is 5.98. The number of carboxylic acids is 1. The minimum Gasteiger partial charge on any atom is -0.480 e. The van der Waals surface area contributed by atoms with Gasteiger partial charge in [0.15, 0.2) is 0 Å². The fourth-order valence-corrected chi connectivity index (χ4v) is 1.46. The maximum absolute atomic E-state index is 11.3. The zero-order valence-corrected chi connectivity index (χ0v) is 10.5. The summed E-state index contributed by atoms with van der Waals surface area (Å²) in [6, 6.07) is 5.68. The van der Waals surface area contributed by atoms with Gasteiger partial charge in [0.25, 0.3) is 0 Å². The molecule has 0 unspecified atom stereocenters. The van der Waals surface area contributed by atoms with Gasteiger partial charge in [-0.25, -0.2) is 0 Å². The lowest BCUT2D eigenvalue weighted by atomic mass is 10.1. The Labute approximate surface area is 111 Å². The van der Waals surface area contributed by atoms with E-state index >= 15 is 0 Å². The average molecular weight is 266 g/mol. The summed E-state index contributed by atoms with van der Waals surface area (Å²) in [6.07, 6.45) is 1.10. The molecule has 0 bridgehead atoms. The zero-order chi connectivity index (χ0) is 14.3. The molecule has 6 nitrogen and oxygen atoms in total. The lowest BCUT2D eigenvalue weighted by molar-refractivity contribution is -0.138. The second-order valence-electron chi connectivity index (χ2n) is 4.16. The number of ether oxygens (including phenoxy) is 1. The van der Waals surface area contributed by atoms with Crippen LogP contribution in [0.5, 0.6) is 5.75 Å². The predicted molar refractivity (Wildman–Crippen MR) is 69.7 cm³/mol. The molecule has 0 fully saturated rings. The normalized spacial score (nSPS) is 11.9. The van der Waals surface area contributed by atoms with Crippen molar-refractivity contribution in [1.82, 2.24) is 0 Å². The highest BCUT2D eigenvalue weighted by Crippen LogP contribution is 2.14. The largest absolute Gasteiger partial charge is 0.480 e. The topological polar surface area (TPSA) is 116 Å². The molecule has 0 aliphatic rings. The molecule has 0 aliphatic heterocycles. The molecule has 5 N–H and O–H groups in total. The lowest BCUT2D eigenvalue weighted by Gasteiger charge is -2.08. The molecule has 1 aromatic carbocycles. The van der Waals surface area contributed by atoms with Crippen molar-refractivity contribution < 1.29 is 19.4 Å². The first-order chi connectivity index (χ1) is 9.02. The van der Waals surface area contributed by atoms with Gasteiger partial charge in [-0.1, -0.05) is 12.1 Å². The number of carboxylic acid groups (broad SMARTS) is 1. The molecule has 0 radical (unpaired) electrons. The molecule has 1 atom stereocenters. The summed E-state index contributed by atoms with van der Waals surface area (Å²) in [6.45, 7) is 0.446. The van der Waals surface area contributed by atoms with Crippen LogP contribution < -0.4 is 16.2 Å². The minimum absolute atomic E-state index is 0.233. The molecule has 6 heteroatoms. The highest BCUT2D eigenvalue weighted by Gasteiger charge is 2.12. The highest BCUT2D eigenvalue weighted by atomic mass is 16.5. The average Bonchev–Trinajstić information content (AvgIpc) is 2.38. The number of carbonyl (C=O) groups excluding carboxylic acids is 1. The maximum Gasteiger partial charge on any atom is 0.320 e. The van der Waals surface area contributed by atoms with Crippen LogP contribution in [0, 0.1) is 0 Å². The number of nitrogens with two attached hydrogens (primary N) is 2. The van der Waals surface area contributed by atoms with Crippen LogP contribution >= 0.6 is 0 Å². The first-order valence-corrected chi connectivity index (χ1v) is 6.01. The number of aliphatic carboxylic acids is 1. The Balaban J connectivity index is 2.52. The Morgan fingerprint density at radius 2 is 1.89 bits per heavy atom. The van der Waals surface area contributed by atoms with Crippen LogP contribution in [-0.4, -0.2) is 29.6 Å². The molecule has 0 aromatic heterocycles. The summed E-state index contributed by atoms with van der Waals surface area (Å²) >= 11 is 0. The molecule has 1 rings (SSSR count). The molecule has 0 aliphatic carbocycles. The second-order valence-corrected chi connectivity index (χ2v) is 4.16. The summed E-state index contributed by atoms with van der Waals surface area (Å²) in [7, 11) is 0. The van der Waals surface area contributed by atoms with E-state index in [4.69, 9.17) is 21.3 Å². The van der Waals surface area contributed by atoms with Gasteiger partial charge in [0.1, 0.15) is 11.8 Å². The molecule has 0 saturated carbocycles. The Morgan fingerprint density at radius 3 is 2.42 bits per heavy atom. The third kappa shape index (κ3) is 5.50. The summed E-state index contributed by atoms with van der Waals surface area (Å²) < 4.78 is 5.08. The molecule has 104 valence electrons. The molecule has 0 amide bonds. The predicted octanol–water partition coefficient (Wildman–Crippen LogP) is 0.285. The summed E-state index contributed by atoms with van der Waals surface area (Å²) in [5.74, 6) is -0.951. The fraction of sp³-hybridized carbons (Fsp3) is 0.385. The van der Waals surface area contributed by atoms with Gasteiger partial charge in [0, 0.05) is 6.42 Å². The molecule has 0 saturated heterocycles. The van der Waals surface area contributed by atoms with Crippen molar-refractivity contribution in [3.05, 3.63) is 29.8 Å². The zero-order valence-electron chi connectivity index (χ0n) is 10.5. The molecule has 19 heavy (non-hydrogen) atoms. The van der Waals surface area contributed by atoms with E-state index in [0.717, 1.165) is 5.56 Å². The van der Waals surface area contributed by atoms with Gasteiger partial charge in [0.05, 0.1) is 0 Å². The van der Waals surface area contributed by atoms with Gasteiger partial charge in [-0.05, 0) is 37.1 Å². The Morgan fingerprint density at radius 1 is 1.26 bits per heavy atom. The van der Waals surface area contributed by atoms with Gasteiger partial charge in [-0.15, -0.1) is 0 Å². The first-order valence-electron chi connectivity index (χ1n) is 6.01. The molecule has 1 aromatic rings. The van der Waals surface area contributed by atoms with Crippen molar-refractivity contribution in [2.24, 2.45) is 11.5 Å². The van der Waals surface area contributed by atoms with E-state index in [1.165, 1.54) is 0 Å². The third-order valence-corrected chi connectivity index (χ3v) is 2.51. The third-order valence-electron chi connectivity index (χ3n) is 2.51. The monoisotopic (exact) mass is 266 g/mol. The number of carbonyl (C=O) groups is 2. The van der Waals surface area contributed by atoms with E-state index in [2.05, 4.69) is 0 Å². The smallest absolute Gasteiger partial charge is 0.320 e. The number of benzene rings is 1. The number of esters is 1. The standard InChI is InChI=1S/C13H18N2O4/c14-7-1-2-12(16)19-10-5-3-9(4-6-10)8-11(15)13(17)18/h3-6,11H,1-2,7-8,14-15H2,(H,17,18)/t11-/m0/s1. The van der Waals surface area contributed by atoms with E-state index in [0.29, 0.717) is 18.7 Å². The van der Waals surface area contributed by atoms with Crippen molar-refractivity contribution >= 4 is 11.9 Å². The van der Waals surface area contributed by atoms with E-state index in [1.807, 2.05) is 0 Å². The fourth-order valence-electron chi connectivity index (χ4n) is 1.46. The Hall–Kier alpha value is -1.92. The molecular weight excluding hydrogens is 248 g/mol. The van der Waals surface area contributed by atoms with Gasteiger partial charge in [0.2, 0.25) is 0 Å². The summed E-state index contributed by atoms with van der Waals surface area (Å²) in [5, 5.41) is 8.69. The van der Waals surface area contributed by atoms with Crippen molar-refractivity contribution in [3.8, 4) is 5.75 Å². The van der Waals surface area contributed by atoms with E-state index in [1.54, 1.807) is 24.3 Å². The van der Waals surface area contributed by atoms with Gasteiger partial charge in [-0.2, -0.15) is 0 Å². The van der Waals surface area contributed by atoms with Crippen LogP contribution in [-0.2, 0) is 16.0 Å². The first kappa shape index (κ1) is 15.1. The van der Waals surface area contributed by atoms with Crippen LogP contribution in [0.15, 0.2) is 24.3 Å². The van der Waals surface area contributed by atoms with Gasteiger partial charge >= 0.3 is 11.9 Å². The lowest BCUT2D eigenvalue weighted by Crippen LogP contribution is -2.32. The number of hydrogen-bond donors (Lipinski definition) is 3. The van der Waals surface area contributed by atoms with E-state index < -0.39 is 12.0 Å². The van der Waals surface area contributed by atoms with Crippen LogP contribution in [0.4, 0.5) is 0 Å². The van der Waals surface area contributed by atoms with Crippen LogP contribution in [0.3, 0.4) is 0 Å². The summed E-state index contributed by atoms with van der Waals surface area (Å²) in [4.78, 5) is 22.0. The van der Waals surface area contributed by atoms with Crippen molar-refractivity contribution in [3.63, 3.8) is 0 Å². The van der Waals surface area contributed by atoms with Gasteiger partial charge in [-0.3, -0.25) is 9.59 Å². The second kappa shape index (κ2) is 7.50. The highest BCUT2D eigenvalue weighted by molar-refractivity contribution is 5.73.